The smallest absolute Gasteiger partial charge is 0.340 e. The number of esters is 2. The molecule has 1 N–H and O–H groups in total. The van der Waals surface area contributed by atoms with Crippen LogP contribution in [0.1, 0.15) is 51.0 Å². The minimum Gasteiger partial charge on any atom is -0.462 e. The van der Waals surface area contributed by atoms with Crippen LogP contribution in [0.25, 0.3) is 0 Å². The quantitative estimate of drug-likeness (QED) is 0.539. The van der Waals surface area contributed by atoms with Crippen molar-refractivity contribution in [1.82, 2.24) is 4.98 Å². The molecule has 2 aromatic rings. The van der Waals surface area contributed by atoms with Gasteiger partial charge >= 0.3 is 11.9 Å². The summed E-state index contributed by atoms with van der Waals surface area (Å²) in [4.78, 5) is 54.3. The summed E-state index contributed by atoms with van der Waals surface area (Å²) < 4.78 is 10.3. The van der Waals surface area contributed by atoms with Crippen LogP contribution >= 0.6 is 0 Å². The fraction of sp³-hybridized carbons (Fsp3) is 0.391. The zero-order valence-corrected chi connectivity index (χ0v) is 18.1. The Bertz CT molecular complexity index is 1020. The number of H-pyrrole nitrogens is 1. The number of hydrogen-bond acceptors (Lipinski definition) is 6. The monoisotopic (exact) mass is 426 g/mol. The van der Waals surface area contributed by atoms with E-state index in [0.717, 1.165) is 11.3 Å². The first-order valence-corrected chi connectivity index (χ1v) is 10.2. The van der Waals surface area contributed by atoms with Gasteiger partial charge in [-0.05, 0) is 39.8 Å². The van der Waals surface area contributed by atoms with Crippen molar-refractivity contribution < 1.29 is 28.7 Å². The number of anilines is 1. The van der Waals surface area contributed by atoms with Crippen LogP contribution in [0.4, 0.5) is 5.69 Å². The molecule has 1 aromatic carbocycles. The number of hydrogen-bond donors (Lipinski definition) is 1. The molecule has 1 amide bonds. The van der Waals surface area contributed by atoms with Crippen LogP contribution in [0.2, 0.25) is 0 Å². The third-order valence-corrected chi connectivity index (χ3v) is 5.28. The maximum absolute atomic E-state index is 12.7. The van der Waals surface area contributed by atoms with E-state index in [9.17, 15) is 19.2 Å². The van der Waals surface area contributed by atoms with E-state index in [-0.39, 0.29) is 36.6 Å². The van der Waals surface area contributed by atoms with Crippen LogP contribution < -0.4 is 4.90 Å². The summed E-state index contributed by atoms with van der Waals surface area (Å²) >= 11 is 0. The molecule has 1 aliphatic heterocycles. The molecule has 3 rings (SSSR count). The van der Waals surface area contributed by atoms with Gasteiger partial charge in [0.1, 0.15) is 0 Å². The second-order valence-electron chi connectivity index (χ2n) is 7.62. The van der Waals surface area contributed by atoms with Crippen molar-refractivity contribution in [3.05, 3.63) is 52.3 Å². The van der Waals surface area contributed by atoms with Crippen molar-refractivity contribution in [1.29, 1.82) is 0 Å². The van der Waals surface area contributed by atoms with Gasteiger partial charge in [0.05, 0.1) is 23.7 Å². The van der Waals surface area contributed by atoms with E-state index in [1.165, 1.54) is 0 Å². The van der Waals surface area contributed by atoms with Crippen molar-refractivity contribution in [2.75, 3.05) is 24.7 Å². The van der Waals surface area contributed by atoms with Crippen molar-refractivity contribution >= 4 is 29.3 Å². The first-order chi connectivity index (χ1) is 14.7. The van der Waals surface area contributed by atoms with Crippen LogP contribution in [-0.2, 0) is 19.1 Å². The van der Waals surface area contributed by atoms with Gasteiger partial charge in [-0.1, -0.05) is 17.7 Å². The number of ketones is 1. The van der Waals surface area contributed by atoms with Crippen molar-refractivity contribution in [3.8, 4) is 0 Å². The predicted molar refractivity (Wildman–Crippen MR) is 113 cm³/mol. The molecule has 0 saturated carbocycles. The highest BCUT2D eigenvalue weighted by Crippen LogP contribution is 2.26. The molecule has 0 radical (unpaired) electrons. The first-order valence-electron chi connectivity index (χ1n) is 10.2. The van der Waals surface area contributed by atoms with Gasteiger partial charge in [0.2, 0.25) is 11.7 Å². The van der Waals surface area contributed by atoms with Gasteiger partial charge < -0.3 is 19.4 Å². The zero-order chi connectivity index (χ0) is 22.7. The number of rotatable bonds is 7. The molecule has 1 saturated heterocycles. The van der Waals surface area contributed by atoms with E-state index in [4.69, 9.17) is 9.47 Å². The third kappa shape index (κ3) is 4.68. The summed E-state index contributed by atoms with van der Waals surface area (Å²) in [5, 5.41) is 0. The maximum Gasteiger partial charge on any atom is 0.340 e. The number of amides is 1. The molecule has 8 nitrogen and oxygen atoms in total. The average molecular weight is 426 g/mol. The number of Topliss-reactive ketones (excluding diaryl/α,β-unsaturated/α-hetero) is 1. The molecule has 0 spiro atoms. The number of nitrogens with one attached hydrogen (secondary N) is 1. The van der Waals surface area contributed by atoms with E-state index in [1.807, 2.05) is 31.2 Å². The van der Waals surface area contributed by atoms with Gasteiger partial charge in [-0.3, -0.25) is 14.4 Å². The number of carbonyl (C=O) groups excluding carboxylic acids is 4. The summed E-state index contributed by atoms with van der Waals surface area (Å²) in [6, 6.07) is 7.46. The average Bonchev–Trinajstić information content (AvgIpc) is 3.25. The molecule has 8 heteroatoms. The lowest BCUT2D eigenvalue weighted by atomic mass is 10.0. The highest BCUT2D eigenvalue weighted by Gasteiger charge is 2.36. The van der Waals surface area contributed by atoms with Gasteiger partial charge in [-0.15, -0.1) is 0 Å². The van der Waals surface area contributed by atoms with Gasteiger partial charge in [-0.2, -0.15) is 0 Å². The van der Waals surface area contributed by atoms with Gasteiger partial charge in [-0.25, -0.2) is 4.79 Å². The second-order valence-corrected chi connectivity index (χ2v) is 7.62. The fourth-order valence-electron chi connectivity index (χ4n) is 3.75. The lowest BCUT2D eigenvalue weighted by molar-refractivity contribution is -0.147. The Balaban J connectivity index is 1.65. The lowest BCUT2D eigenvalue weighted by Gasteiger charge is -2.16. The normalized spacial score (nSPS) is 15.8. The van der Waals surface area contributed by atoms with Crippen molar-refractivity contribution in [2.24, 2.45) is 5.92 Å². The molecule has 1 fully saturated rings. The fourth-order valence-corrected chi connectivity index (χ4v) is 3.75. The molecule has 1 aliphatic rings. The number of nitrogens with zero attached hydrogens (tertiary/aromatic N) is 1. The minimum absolute atomic E-state index is 0.0251. The summed E-state index contributed by atoms with van der Waals surface area (Å²) in [6.45, 7) is 6.83. The Morgan fingerprint density at radius 1 is 1.03 bits per heavy atom. The Hall–Kier alpha value is -3.42. The molecular weight excluding hydrogens is 400 g/mol. The molecular formula is C23H26N2O6. The summed E-state index contributed by atoms with van der Waals surface area (Å²) in [5.41, 5.74) is 3.13. The molecule has 31 heavy (non-hydrogen) atoms. The highest BCUT2D eigenvalue weighted by molar-refractivity contribution is 6.09. The topological polar surface area (TPSA) is 106 Å². The van der Waals surface area contributed by atoms with E-state index in [1.54, 1.807) is 25.7 Å². The van der Waals surface area contributed by atoms with E-state index >= 15 is 0 Å². The highest BCUT2D eigenvalue weighted by atomic mass is 16.5. The Morgan fingerprint density at radius 2 is 1.68 bits per heavy atom. The molecule has 0 aliphatic carbocycles. The van der Waals surface area contributed by atoms with Gasteiger partial charge in [0.15, 0.2) is 6.61 Å². The van der Waals surface area contributed by atoms with Gasteiger partial charge in [0.25, 0.3) is 0 Å². The lowest BCUT2D eigenvalue weighted by Crippen LogP contribution is -2.27. The Kier molecular flexibility index (Phi) is 6.58. The number of aromatic nitrogens is 1. The van der Waals surface area contributed by atoms with Crippen molar-refractivity contribution in [3.63, 3.8) is 0 Å². The van der Waals surface area contributed by atoms with E-state index in [0.29, 0.717) is 11.4 Å². The van der Waals surface area contributed by atoms with Crippen LogP contribution in [0.15, 0.2) is 24.3 Å². The van der Waals surface area contributed by atoms with Crippen LogP contribution in [0.3, 0.4) is 0 Å². The summed E-state index contributed by atoms with van der Waals surface area (Å²) in [5.74, 6) is -2.54. The molecule has 0 bridgehead atoms. The standard InChI is InChI=1S/C23H26N2O6/c1-5-30-23(29)21-15(4)24-14(3)20(21)18(26)12-31-22(28)16-10-19(27)25(11-16)17-8-6-13(2)7-9-17/h6-9,16,24H,5,10-12H2,1-4H3/t16-/m0/s1. The van der Waals surface area contributed by atoms with Crippen LogP contribution in [-0.4, -0.2) is 48.4 Å². The summed E-state index contributed by atoms with van der Waals surface area (Å²) in [6.07, 6.45) is 0.0251. The molecule has 0 unspecified atom stereocenters. The number of benzene rings is 1. The van der Waals surface area contributed by atoms with Gasteiger partial charge in [0, 0.05) is 30.0 Å². The largest absolute Gasteiger partial charge is 0.462 e. The predicted octanol–water partition coefficient (Wildman–Crippen LogP) is 2.90. The third-order valence-electron chi connectivity index (χ3n) is 5.28. The maximum atomic E-state index is 12.7. The molecule has 1 atom stereocenters. The molecule has 2 heterocycles. The van der Waals surface area contributed by atoms with Crippen molar-refractivity contribution in [2.45, 2.75) is 34.1 Å². The van der Waals surface area contributed by atoms with Crippen LogP contribution in [0.5, 0.6) is 0 Å². The number of carbonyl (C=O) groups is 4. The van der Waals surface area contributed by atoms with Crippen LogP contribution in [0, 0.1) is 26.7 Å². The Morgan fingerprint density at radius 3 is 2.32 bits per heavy atom. The van der Waals surface area contributed by atoms with E-state index < -0.39 is 30.2 Å². The second kappa shape index (κ2) is 9.16. The molecule has 164 valence electrons. The summed E-state index contributed by atoms with van der Waals surface area (Å²) in [7, 11) is 0. The number of ether oxygens (including phenoxy) is 2. The number of aromatic amines is 1. The Labute approximate surface area is 180 Å². The van der Waals surface area contributed by atoms with E-state index in [2.05, 4.69) is 4.98 Å². The minimum atomic E-state index is -0.653. The number of aryl methyl sites for hydroxylation is 3. The first kappa shape index (κ1) is 22.3. The SMILES string of the molecule is CCOC(=O)c1c(C)[nH]c(C)c1C(=O)COC(=O)[C@H]1CC(=O)N(c2ccc(C)cc2)C1. The molecule has 1 aromatic heterocycles. The zero-order valence-electron chi connectivity index (χ0n) is 18.1.